The van der Waals surface area contributed by atoms with Gasteiger partial charge in [-0.25, -0.2) is 0 Å². The lowest BCUT2D eigenvalue weighted by Gasteiger charge is -2.11. The molecule has 1 aromatic carbocycles. The lowest BCUT2D eigenvalue weighted by Crippen LogP contribution is -2.14. The Hall–Kier alpha value is -1.34. The Morgan fingerprint density at radius 1 is 1.41 bits per heavy atom. The van der Waals surface area contributed by atoms with Crippen LogP contribution in [0.25, 0.3) is 0 Å². The van der Waals surface area contributed by atoms with E-state index in [1.807, 2.05) is 31.2 Å². The van der Waals surface area contributed by atoms with Gasteiger partial charge in [0.1, 0.15) is 0 Å². The summed E-state index contributed by atoms with van der Waals surface area (Å²) in [5.41, 5.74) is 7.41. The van der Waals surface area contributed by atoms with Crippen LogP contribution in [0.5, 0.6) is 0 Å². The third-order valence-corrected chi connectivity index (χ3v) is 2.20. The molecule has 0 spiro atoms. The van der Waals surface area contributed by atoms with E-state index >= 15 is 0 Å². The van der Waals surface area contributed by atoms with Crippen molar-refractivity contribution in [3.63, 3.8) is 0 Å². The number of hydrogen-bond acceptors (Lipinski definition) is 3. The van der Waals surface area contributed by atoms with Crippen LogP contribution < -0.4 is 5.73 Å². The molecule has 1 atom stereocenters. The average Bonchev–Trinajstić information content (AvgIpc) is 2.35. The Morgan fingerprint density at radius 2 is 2.24 bits per heavy atom. The number of rotatable bonds is 5. The molecule has 0 heterocycles. The molecule has 0 radical (unpaired) electrons. The van der Waals surface area contributed by atoms with Crippen molar-refractivity contribution in [2.75, 3.05) is 20.3 Å². The highest BCUT2D eigenvalue weighted by Gasteiger charge is 2.01. The molecule has 92 valence electrons. The van der Waals surface area contributed by atoms with E-state index in [1.165, 1.54) is 0 Å². The third-order valence-electron chi connectivity index (χ3n) is 2.20. The quantitative estimate of drug-likeness (QED) is 0.785. The molecular weight excluding hydrogens is 214 g/mol. The van der Waals surface area contributed by atoms with Crippen molar-refractivity contribution in [2.45, 2.75) is 19.6 Å². The summed E-state index contributed by atoms with van der Waals surface area (Å²) in [6.45, 7) is 3.54. The Bertz CT molecular complexity index is 393. The van der Waals surface area contributed by atoms with Crippen molar-refractivity contribution in [3.05, 3.63) is 35.4 Å². The number of methoxy groups -OCH3 is 1. The van der Waals surface area contributed by atoms with E-state index in [9.17, 15) is 0 Å². The van der Waals surface area contributed by atoms with Crippen LogP contribution in [0.3, 0.4) is 0 Å². The minimum atomic E-state index is 0.0961. The van der Waals surface area contributed by atoms with Gasteiger partial charge >= 0.3 is 0 Å². The van der Waals surface area contributed by atoms with Crippen molar-refractivity contribution in [3.8, 4) is 11.8 Å². The first kappa shape index (κ1) is 13.7. The molecule has 0 saturated heterocycles. The Kier molecular flexibility index (Phi) is 6.34. The van der Waals surface area contributed by atoms with Crippen LogP contribution >= 0.6 is 0 Å². The number of ether oxygens (including phenoxy) is 2. The van der Waals surface area contributed by atoms with Gasteiger partial charge in [0.15, 0.2) is 0 Å². The SMILES string of the molecule is COCC(C)OCc1cccc(C#CCN)c1. The maximum Gasteiger partial charge on any atom is 0.0784 e. The van der Waals surface area contributed by atoms with Gasteiger partial charge in [0.25, 0.3) is 0 Å². The van der Waals surface area contributed by atoms with Gasteiger partial charge in [-0.3, -0.25) is 0 Å². The van der Waals surface area contributed by atoms with E-state index in [2.05, 4.69) is 11.8 Å². The second-order valence-corrected chi connectivity index (χ2v) is 3.78. The van der Waals surface area contributed by atoms with Crippen molar-refractivity contribution in [1.82, 2.24) is 0 Å². The van der Waals surface area contributed by atoms with E-state index in [4.69, 9.17) is 15.2 Å². The molecule has 17 heavy (non-hydrogen) atoms. The van der Waals surface area contributed by atoms with E-state index in [0.717, 1.165) is 11.1 Å². The number of nitrogens with two attached hydrogens (primary N) is 1. The molecule has 3 heteroatoms. The smallest absolute Gasteiger partial charge is 0.0784 e. The minimum absolute atomic E-state index is 0.0961. The van der Waals surface area contributed by atoms with Gasteiger partial charge < -0.3 is 15.2 Å². The van der Waals surface area contributed by atoms with E-state index in [1.54, 1.807) is 7.11 Å². The topological polar surface area (TPSA) is 44.5 Å². The molecule has 0 bridgehead atoms. The van der Waals surface area contributed by atoms with Crippen LogP contribution in [-0.4, -0.2) is 26.4 Å². The summed E-state index contributed by atoms with van der Waals surface area (Å²) in [6.07, 6.45) is 0.0961. The summed E-state index contributed by atoms with van der Waals surface area (Å²) in [6, 6.07) is 7.97. The lowest BCUT2D eigenvalue weighted by molar-refractivity contribution is -0.000130. The monoisotopic (exact) mass is 233 g/mol. The van der Waals surface area contributed by atoms with E-state index < -0.39 is 0 Å². The van der Waals surface area contributed by atoms with Crippen LogP contribution in [0.4, 0.5) is 0 Å². The zero-order chi connectivity index (χ0) is 12.5. The van der Waals surface area contributed by atoms with Crippen LogP contribution in [-0.2, 0) is 16.1 Å². The fourth-order valence-corrected chi connectivity index (χ4v) is 1.41. The highest BCUT2D eigenvalue weighted by atomic mass is 16.5. The zero-order valence-corrected chi connectivity index (χ0v) is 10.4. The fourth-order valence-electron chi connectivity index (χ4n) is 1.41. The van der Waals surface area contributed by atoms with E-state index in [-0.39, 0.29) is 6.10 Å². The van der Waals surface area contributed by atoms with Crippen LogP contribution in [0.2, 0.25) is 0 Å². The molecule has 2 N–H and O–H groups in total. The Morgan fingerprint density at radius 3 is 2.94 bits per heavy atom. The van der Waals surface area contributed by atoms with Crippen LogP contribution in [0.1, 0.15) is 18.1 Å². The van der Waals surface area contributed by atoms with Crippen molar-refractivity contribution < 1.29 is 9.47 Å². The van der Waals surface area contributed by atoms with Crippen molar-refractivity contribution in [2.24, 2.45) is 5.73 Å². The molecule has 0 aliphatic rings. The number of benzene rings is 1. The fraction of sp³-hybridized carbons (Fsp3) is 0.429. The van der Waals surface area contributed by atoms with Gasteiger partial charge in [0.05, 0.1) is 25.9 Å². The van der Waals surface area contributed by atoms with Gasteiger partial charge in [-0.15, -0.1) is 0 Å². The van der Waals surface area contributed by atoms with Gasteiger partial charge in [0, 0.05) is 12.7 Å². The van der Waals surface area contributed by atoms with Gasteiger partial charge in [-0.2, -0.15) is 0 Å². The maximum absolute atomic E-state index is 5.63. The standard InChI is InChI=1S/C14H19NO2/c1-12(10-16-2)17-11-14-6-3-5-13(9-14)7-4-8-15/h3,5-6,9,12H,8,10-11,15H2,1-2H3. The normalized spacial score (nSPS) is 11.7. The van der Waals surface area contributed by atoms with Crippen LogP contribution in [0.15, 0.2) is 24.3 Å². The first-order chi connectivity index (χ1) is 8.26. The third kappa shape index (κ3) is 5.50. The molecule has 0 aliphatic carbocycles. The molecule has 3 nitrogen and oxygen atoms in total. The molecular formula is C14H19NO2. The predicted molar refractivity (Wildman–Crippen MR) is 68.5 cm³/mol. The lowest BCUT2D eigenvalue weighted by atomic mass is 10.1. The molecule has 1 aromatic rings. The average molecular weight is 233 g/mol. The van der Waals surface area contributed by atoms with Gasteiger partial charge in [-0.1, -0.05) is 24.0 Å². The molecule has 0 fully saturated rings. The highest BCUT2D eigenvalue weighted by molar-refractivity contribution is 5.37. The molecule has 1 rings (SSSR count). The zero-order valence-electron chi connectivity index (χ0n) is 10.4. The van der Waals surface area contributed by atoms with Crippen LogP contribution in [0, 0.1) is 11.8 Å². The largest absolute Gasteiger partial charge is 0.382 e. The Labute approximate surface area is 103 Å². The predicted octanol–water partition coefficient (Wildman–Crippen LogP) is 1.55. The molecule has 0 amide bonds. The van der Waals surface area contributed by atoms with Crippen molar-refractivity contribution in [1.29, 1.82) is 0 Å². The molecule has 0 aliphatic heterocycles. The minimum Gasteiger partial charge on any atom is -0.382 e. The van der Waals surface area contributed by atoms with Crippen molar-refractivity contribution >= 4 is 0 Å². The summed E-state index contributed by atoms with van der Waals surface area (Å²) in [4.78, 5) is 0. The molecule has 0 saturated carbocycles. The first-order valence-electron chi connectivity index (χ1n) is 5.64. The summed E-state index contributed by atoms with van der Waals surface area (Å²) >= 11 is 0. The van der Waals surface area contributed by atoms with E-state index in [0.29, 0.717) is 19.8 Å². The van der Waals surface area contributed by atoms with Gasteiger partial charge in [-0.05, 0) is 24.6 Å². The highest BCUT2D eigenvalue weighted by Crippen LogP contribution is 2.07. The molecule has 1 unspecified atom stereocenters. The molecule has 0 aromatic heterocycles. The summed E-state index contributed by atoms with van der Waals surface area (Å²) in [5, 5.41) is 0. The number of hydrogen-bond donors (Lipinski definition) is 1. The summed E-state index contributed by atoms with van der Waals surface area (Å²) < 4.78 is 10.6. The second-order valence-electron chi connectivity index (χ2n) is 3.78. The summed E-state index contributed by atoms with van der Waals surface area (Å²) in [7, 11) is 1.67. The Balaban J connectivity index is 2.54. The van der Waals surface area contributed by atoms with Gasteiger partial charge in [0.2, 0.25) is 0 Å². The first-order valence-corrected chi connectivity index (χ1v) is 5.64. The maximum atomic E-state index is 5.63. The second kappa shape index (κ2) is 7.86. The summed E-state index contributed by atoms with van der Waals surface area (Å²) in [5.74, 6) is 5.84.